The van der Waals surface area contributed by atoms with E-state index in [1.165, 1.54) is 25.3 Å². The Kier molecular flexibility index (Phi) is 6.64. The van der Waals surface area contributed by atoms with Crippen molar-refractivity contribution >= 4 is 16.0 Å². The van der Waals surface area contributed by atoms with Crippen molar-refractivity contribution in [2.24, 2.45) is 5.14 Å². The number of benzene rings is 1. The van der Waals surface area contributed by atoms with Gasteiger partial charge in [0.15, 0.2) is 0 Å². The lowest BCUT2D eigenvalue weighted by molar-refractivity contribution is -0.143. The van der Waals surface area contributed by atoms with Gasteiger partial charge in [0.2, 0.25) is 10.0 Å². The lowest BCUT2D eigenvalue weighted by atomic mass is 10.1. The first-order valence-corrected chi connectivity index (χ1v) is 8.28. The van der Waals surface area contributed by atoms with Crippen molar-refractivity contribution in [3.63, 3.8) is 0 Å². The zero-order chi connectivity index (χ0) is 15.9. The molecule has 1 aromatic rings. The topological polar surface area (TPSA) is 95.7 Å². The summed E-state index contributed by atoms with van der Waals surface area (Å²) in [7, 11) is -2.37. The standard InChI is InChI=1S/C14H21NO5S/c1-3-4-5-8-20-14(16)10-11-9-12(21(15,17)18)6-7-13(11)19-2/h6-7,9H,3-5,8,10H2,1-2H3,(H2,15,17,18). The van der Waals surface area contributed by atoms with Gasteiger partial charge in [-0.3, -0.25) is 4.79 Å². The molecule has 6 nitrogen and oxygen atoms in total. The quantitative estimate of drug-likeness (QED) is 0.581. The van der Waals surface area contributed by atoms with Crippen LogP contribution in [0.3, 0.4) is 0 Å². The molecule has 0 heterocycles. The van der Waals surface area contributed by atoms with Crippen molar-refractivity contribution < 1.29 is 22.7 Å². The minimum atomic E-state index is -3.82. The van der Waals surface area contributed by atoms with Gasteiger partial charge in [-0.15, -0.1) is 0 Å². The predicted molar refractivity (Wildman–Crippen MR) is 78.6 cm³/mol. The van der Waals surface area contributed by atoms with Crippen LogP contribution in [0.15, 0.2) is 23.1 Å². The van der Waals surface area contributed by atoms with E-state index in [1.54, 1.807) is 0 Å². The smallest absolute Gasteiger partial charge is 0.310 e. The van der Waals surface area contributed by atoms with Crippen LogP contribution in [0.2, 0.25) is 0 Å². The van der Waals surface area contributed by atoms with Gasteiger partial charge in [0.25, 0.3) is 0 Å². The first-order chi connectivity index (χ1) is 9.88. The molecule has 0 fully saturated rings. The van der Waals surface area contributed by atoms with E-state index >= 15 is 0 Å². The summed E-state index contributed by atoms with van der Waals surface area (Å²) in [6, 6.07) is 4.14. The minimum Gasteiger partial charge on any atom is -0.496 e. The van der Waals surface area contributed by atoms with Crippen LogP contribution >= 0.6 is 0 Å². The van der Waals surface area contributed by atoms with Gasteiger partial charge >= 0.3 is 5.97 Å². The van der Waals surface area contributed by atoms with E-state index in [0.29, 0.717) is 17.9 Å². The van der Waals surface area contributed by atoms with Crippen molar-refractivity contribution in [3.05, 3.63) is 23.8 Å². The van der Waals surface area contributed by atoms with Gasteiger partial charge in [-0.1, -0.05) is 19.8 Å². The lowest BCUT2D eigenvalue weighted by Crippen LogP contribution is -2.14. The molecule has 0 unspecified atom stereocenters. The molecule has 21 heavy (non-hydrogen) atoms. The third-order valence-corrected chi connectivity index (χ3v) is 3.84. The largest absolute Gasteiger partial charge is 0.496 e. The van der Waals surface area contributed by atoms with Crippen LogP contribution in [0.4, 0.5) is 0 Å². The molecule has 0 atom stereocenters. The van der Waals surface area contributed by atoms with Gasteiger partial charge in [0, 0.05) is 5.56 Å². The highest BCUT2D eigenvalue weighted by Crippen LogP contribution is 2.22. The van der Waals surface area contributed by atoms with E-state index in [0.717, 1.165) is 19.3 Å². The molecule has 0 aliphatic heterocycles. The molecule has 0 bridgehead atoms. The Hall–Kier alpha value is -1.60. The molecule has 0 amide bonds. The van der Waals surface area contributed by atoms with Crippen molar-refractivity contribution in [1.29, 1.82) is 0 Å². The number of hydrogen-bond donors (Lipinski definition) is 1. The van der Waals surface area contributed by atoms with Crippen molar-refractivity contribution in [1.82, 2.24) is 0 Å². The maximum Gasteiger partial charge on any atom is 0.310 e. The Labute approximate surface area is 125 Å². The molecular formula is C14H21NO5S. The van der Waals surface area contributed by atoms with Crippen LogP contribution < -0.4 is 9.88 Å². The number of rotatable bonds is 8. The SMILES string of the molecule is CCCCCOC(=O)Cc1cc(S(N)(=O)=O)ccc1OC. The van der Waals surface area contributed by atoms with E-state index in [2.05, 4.69) is 6.92 Å². The van der Waals surface area contributed by atoms with Crippen molar-refractivity contribution in [3.8, 4) is 5.75 Å². The molecule has 0 saturated carbocycles. The van der Waals surface area contributed by atoms with Gasteiger partial charge in [-0.2, -0.15) is 0 Å². The van der Waals surface area contributed by atoms with E-state index in [4.69, 9.17) is 14.6 Å². The lowest BCUT2D eigenvalue weighted by Gasteiger charge is -2.10. The molecule has 2 N–H and O–H groups in total. The van der Waals surface area contributed by atoms with E-state index in [-0.39, 0.29) is 11.3 Å². The Morgan fingerprint density at radius 3 is 2.57 bits per heavy atom. The average molecular weight is 315 g/mol. The molecular weight excluding hydrogens is 294 g/mol. The highest BCUT2D eigenvalue weighted by atomic mass is 32.2. The van der Waals surface area contributed by atoms with E-state index in [9.17, 15) is 13.2 Å². The van der Waals surface area contributed by atoms with Gasteiger partial charge in [-0.25, -0.2) is 13.6 Å². The first-order valence-electron chi connectivity index (χ1n) is 6.73. The van der Waals surface area contributed by atoms with Gasteiger partial charge in [0.05, 0.1) is 25.0 Å². The van der Waals surface area contributed by atoms with Crippen LogP contribution in [0.5, 0.6) is 5.75 Å². The normalized spacial score (nSPS) is 11.2. The van der Waals surface area contributed by atoms with Crippen LogP contribution in [-0.2, 0) is 26.0 Å². The monoisotopic (exact) mass is 315 g/mol. The van der Waals surface area contributed by atoms with Crippen LogP contribution in [0.25, 0.3) is 0 Å². The van der Waals surface area contributed by atoms with Crippen molar-refractivity contribution in [2.75, 3.05) is 13.7 Å². The third-order valence-electron chi connectivity index (χ3n) is 2.93. The van der Waals surface area contributed by atoms with Crippen LogP contribution in [-0.4, -0.2) is 28.1 Å². The Morgan fingerprint density at radius 1 is 1.29 bits per heavy atom. The second-order valence-corrected chi connectivity index (χ2v) is 6.18. The number of sulfonamides is 1. The Morgan fingerprint density at radius 2 is 2.00 bits per heavy atom. The minimum absolute atomic E-state index is 0.0569. The zero-order valence-electron chi connectivity index (χ0n) is 12.3. The van der Waals surface area contributed by atoms with E-state index < -0.39 is 16.0 Å². The number of carbonyl (C=O) groups is 1. The Balaban J connectivity index is 2.78. The highest BCUT2D eigenvalue weighted by Gasteiger charge is 2.15. The number of carbonyl (C=O) groups excluding carboxylic acids is 1. The fourth-order valence-electron chi connectivity index (χ4n) is 1.81. The summed E-state index contributed by atoms with van der Waals surface area (Å²) in [6.45, 7) is 2.43. The molecule has 0 saturated heterocycles. The van der Waals surface area contributed by atoms with Gasteiger partial charge in [0.1, 0.15) is 5.75 Å². The van der Waals surface area contributed by atoms with Gasteiger partial charge in [-0.05, 0) is 24.6 Å². The molecule has 1 rings (SSSR count). The number of methoxy groups -OCH3 is 1. The molecule has 7 heteroatoms. The number of nitrogens with two attached hydrogens (primary N) is 1. The maximum absolute atomic E-state index is 11.7. The Bertz CT molecular complexity index is 583. The van der Waals surface area contributed by atoms with Crippen LogP contribution in [0, 0.1) is 0 Å². The summed E-state index contributed by atoms with van der Waals surface area (Å²) >= 11 is 0. The zero-order valence-corrected chi connectivity index (χ0v) is 13.1. The fourth-order valence-corrected chi connectivity index (χ4v) is 2.38. The highest BCUT2D eigenvalue weighted by molar-refractivity contribution is 7.89. The number of unbranched alkanes of at least 4 members (excludes halogenated alkanes) is 2. The average Bonchev–Trinajstić information content (AvgIpc) is 2.42. The first kappa shape index (κ1) is 17.5. The molecule has 0 aromatic heterocycles. The molecule has 0 aliphatic rings. The predicted octanol–water partition coefficient (Wildman–Crippen LogP) is 1.62. The second-order valence-electron chi connectivity index (χ2n) is 4.62. The third kappa shape index (κ3) is 5.73. The van der Waals surface area contributed by atoms with Crippen molar-refractivity contribution in [2.45, 2.75) is 37.5 Å². The summed E-state index contributed by atoms with van der Waals surface area (Å²) < 4.78 is 32.9. The second kappa shape index (κ2) is 7.99. The molecule has 0 aliphatic carbocycles. The summed E-state index contributed by atoms with van der Waals surface area (Å²) in [5, 5.41) is 5.08. The molecule has 118 valence electrons. The molecule has 0 radical (unpaired) electrons. The number of esters is 1. The van der Waals surface area contributed by atoms with Gasteiger partial charge < -0.3 is 9.47 Å². The van der Waals surface area contributed by atoms with Crippen LogP contribution in [0.1, 0.15) is 31.7 Å². The summed E-state index contributed by atoms with van der Waals surface area (Å²) in [6.07, 6.45) is 2.80. The molecule has 1 aromatic carbocycles. The summed E-state index contributed by atoms with van der Waals surface area (Å²) in [5.74, 6) is 0.00359. The molecule has 0 spiro atoms. The summed E-state index contributed by atoms with van der Waals surface area (Å²) in [5.41, 5.74) is 0.435. The van der Waals surface area contributed by atoms with E-state index in [1.807, 2.05) is 0 Å². The maximum atomic E-state index is 11.7. The summed E-state index contributed by atoms with van der Waals surface area (Å²) in [4.78, 5) is 11.7. The number of primary sulfonamides is 1. The number of hydrogen-bond acceptors (Lipinski definition) is 5. The number of ether oxygens (including phenoxy) is 2. The fraction of sp³-hybridized carbons (Fsp3) is 0.500.